The highest BCUT2D eigenvalue weighted by molar-refractivity contribution is 5.84. The van der Waals surface area contributed by atoms with Crippen LogP contribution in [0.25, 0.3) is 22.3 Å². The first kappa shape index (κ1) is 53.7. The highest BCUT2D eigenvalue weighted by Gasteiger charge is 2.53. The molecule has 5 rings (SSSR count). The summed E-state index contributed by atoms with van der Waals surface area (Å²) in [5, 5.41) is 0.237. The number of fused-ring (bicyclic) bond motifs is 1. The van der Waals surface area contributed by atoms with Crippen LogP contribution in [0.1, 0.15) is 130 Å². The Hall–Kier alpha value is -5.28. The van der Waals surface area contributed by atoms with Gasteiger partial charge in [-0.05, 0) is 80.8 Å². The molecule has 0 aliphatic carbocycles. The Morgan fingerprint density at radius 1 is 0.588 bits per heavy atom. The third-order valence-corrected chi connectivity index (χ3v) is 11.3. The average Bonchev–Trinajstić information content (AvgIpc) is 3.35. The van der Waals surface area contributed by atoms with E-state index >= 15 is 0 Å². The third kappa shape index (κ3) is 16.2. The summed E-state index contributed by atoms with van der Waals surface area (Å²) in [7, 11) is 0. The molecule has 0 spiro atoms. The molecule has 1 fully saturated rings. The molecule has 0 saturated carbocycles. The van der Waals surface area contributed by atoms with Gasteiger partial charge in [0.25, 0.3) is 0 Å². The normalized spacial score (nSPS) is 18.0. The van der Waals surface area contributed by atoms with Gasteiger partial charge in [0.15, 0.2) is 23.4 Å². The van der Waals surface area contributed by atoms with E-state index in [1.54, 1.807) is 42.5 Å². The molecule has 4 aromatic rings. The van der Waals surface area contributed by atoms with Crippen LogP contribution in [-0.4, -0.2) is 81.6 Å². The average molecular weight is 945 g/mol. The zero-order valence-corrected chi connectivity index (χ0v) is 40.7. The molecule has 1 aromatic heterocycles. The number of unbranched alkanes of at least 4 members (excludes halogenated alkanes) is 6. The largest absolute Gasteiger partial charge is 0.490 e. The van der Waals surface area contributed by atoms with Gasteiger partial charge in [-0.15, -0.1) is 0 Å². The van der Waals surface area contributed by atoms with Crippen molar-refractivity contribution in [2.45, 2.75) is 162 Å². The van der Waals surface area contributed by atoms with Gasteiger partial charge in [-0.1, -0.05) is 109 Å². The monoisotopic (exact) mass is 944 g/mol. The molecule has 2 heterocycles. The van der Waals surface area contributed by atoms with E-state index in [1.165, 1.54) is 0 Å². The van der Waals surface area contributed by atoms with E-state index in [0.717, 1.165) is 69.8 Å². The molecule has 372 valence electrons. The zero-order valence-electron chi connectivity index (χ0n) is 40.7. The maximum Gasteiger partial charge on any atom is 0.338 e. The molecule has 0 radical (unpaired) electrons. The highest BCUT2D eigenvalue weighted by Crippen LogP contribution is 2.40. The maximum absolute atomic E-state index is 14.2. The third-order valence-electron chi connectivity index (χ3n) is 11.3. The van der Waals surface area contributed by atoms with Crippen molar-refractivity contribution in [3.05, 3.63) is 88.6 Å². The number of ether oxygens (including phenoxy) is 9. The molecule has 5 atom stereocenters. The van der Waals surface area contributed by atoms with Gasteiger partial charge in [-0.3, -0.25) is 14.4 Å². The number of hydrogen-bond donors (Lipinski definition) is 0. The van der Waals surface area contributed by atoms with E-state index in [-0.39, 0.29) is 53.8 Å². The van der Waals surface area contributed by atoms with E-state index in [0.29, 0.717) is 57.0 Å². The van der Waals surface area contributed by atoms with Gasteiger partial charge in [0.2, 0.25) is 17.5 Å². The summed E-state index contributed by atoms with van der Waals surface area (Å²) in [6.45, 7) is 12.1. The van der Waals surface area contributed by atoms with Crippen molar-refractivity contribution in [3.63, 3.8) is 0 Å². The summed E-state index contributed by atoms with van der Waals surface area (Å²) >= 11 is 0. The molecular formula is C54H72O14. The minimum Gasteiger partial charge on any atom is -0.490 e. The molecule has 5 unspecified atom stereocenters. The first-order valence-corrected chi connectivity index (χ1v) is 24.8. The van der Waals surface area contributed by atoms with Crippen molar-refractivity contribution >= 4 is 28.9 Å². The molecule has 68 heavy (non-hydrogen) atoms. The summed E-state index contributed by atoms with van der Waals surface area (Å²) in [5.41, 5.74) is 0.953. The Morgan fingerprint density at radius 2 is 1.19 bits per heavy atom. The fourth-order valence-electron chi connectivity index (χ4n) is 7.37. The first-order valence-electron chi connectivity index (χ1n) is 24.8. The standard InChI is InChI=1S/C54H72O14/c1-6-11-31-59-43-36-39(47-48(46(57)40-25-19-20-26-41(40)65-47)67-45(56)28-22-21-27-44(55)60-32-12-7-2)29-30-42(43)66-54-52(63-35-15-10-5)50(62-34-14-9-4)49(61-33-13-8-3)51(68-54)53(58)64-37-38-23-17-16-18-24-38/h16-20,23-26,29-30,36,49-52,54H,6-15,21-22,27-28,31-35,37H2,1-5H3. The lowest BCUT2D eigenvalue weighted by molar-refractivity contribution is -0.297. The van der Waals surface area contributed by atoms with Crippen LogP contribution in [0.4, 0.5) is 0 Å². The summed E-state index contributed by atoms with van der Waals surface area (Å²) in [6, 6.07) is 21.1. The van der Waals surface area contributed by atoms with Crippen LogP contribution in [0.2, 0.25) is 0 Å². The first-order chi connectivity index (χ1) is 33.2. The Labute approximate surface area is 401 Å². The van der Waals surface area contributed by atoms with Crippen LogP contribution in [0.3, 0.4) is 0 Å². The molecule has 0 bridgehead atoms. The molecular weight excluding hydrogens is 873 g/mol. The Balaban J connectivity index is 1.51. The number of benzene rings is 3. The molecule has 3 aromatic carbocycles. The van der Waals surface area contributed by atoms with Gasteiger partial charge >= 0.3 is 17.9 Å². The minimum atomic E-state index is -1.24. The topological polar surface area (TPSA) is 164 Å². The van der Waals surface area contributed by atoms with E-state index < -0.39 is 48.1 Å². The van der Waals surface area contributed by atoms with E-state index in [1.807, 2.05) is 44.2 Å². The van der Waals surface area contributed by atoms with E-state index in [4.69, 9.17) is 47.0 Å². The van der Waals surface area contributed by atoms with Crippen molar-refractivity contribution in [1.29, 1.82) is 0 Å². The number of rotatable bonds is 31. The van der Waals surface area contributed by atoms with E-state index in [2.05, 4.69) is 20.8 Å². The number of esters is 3. The second-order valence-corrected chi connectivity index (χ2v) is 16.9. The fraction of sp³-hybridized carbons (Fsp3) is 0.556. The molecule has 1 aliphatic rings. The Morgan fingerprint density at radius 3 is 1.88 bits per heavy atom. The minimum absolute atomic E-state index is 0.0146. The van der Waals surface area contributed by atoms with Crippen LogP contribution in [0.5, 0.6) is 17.2 Å². The smallest absolute Gasteiger partial charge is 0.338 e. The Bertz CT molecular complexity index is 2190. The van der Waals surface area contributed by atoms with Crippen molar-refractivity contribution in [2.75, 3.05) is 33.0 Å². The summed E-state index contributed by atoms with van der Waals surface area (Å²) < 4.78 is 62.7. The van der Waals surface area contributed by atoms with Crippen molar-refractivity contribution in [3.8, 4) is 28.6 Å². The summed E-state index contributed by atoms with van der Waals surface area (Å²) in [4.78, 5) is 53.7. The summed E-state index contributed by atoms with van der Waals surface area (Å²) in [5.74, 6) is -1.33. The van der Waals surface area contributed by atoms with Gasteiger partial charge in [-0.2, -0.15) is 0 Å². The zero-order chi connectivity index (χ0) is 48.5. The van der Waals surface area contributed by atoms with Crippen molar-refractivity contribution < 1.29 is 61.4 Å². The number of hydrogen-bond acceptors (Lipinski definition) is 14. The quantitative estimate of drug-likeness (QED) is 0.0346. The lowest BCUT2D eigenvalue weighted by Crippen LogP contribution is -2.64. The highest BCUT2D eigenvalue weighted by atomic mass is 16.7. The number of carbonyl (C=O) groups excluding carboxylic acids is 3. The molecule has 1 saturated heterocycles. The maximum atomic E-state index is 14.2. The number of carbonyl (C=O) groups is 3. The van der Waals surface area contributed by atoms with Crippen LogP contribution in [0.15, 0.2) is 82.0 Å². The number of para-hydroxylation sites is 1. The van der Waals surface area contributed by atoms with Crippen LogP contribution < -0.4 is 19.6 Å². The van der Waals surface area contributed by atoms with Gasteiger partial charge in [0, 0.05) is 38.2 Å². The fourth-order valence-corrected chi connectivity index (χ4v) is 7.37. The predicted molar refractivity (Wildman–Crippen MR) is 258 cm³/mol. The van der Waals surface area contributed by atoms with E-state index in [9.17, 15) is 19.2 Å². The second-order valence-electron chi connectivity index (χ2n) is 16.9. The molecule has 14 heteroatoms. The lowest BCUT2D eigenvalue weighted by Gasteiger charge is -2.45. The van der Waals surface area contributed by atoms with Gasteiger partial charge in [-0.25, -0.2) is 4.79 Å². The van der Waals surface area contributed by atoms with Crippen molar-refractivity contribution in [1.82, 2.24) is 0 Å². The molecule has 1 aliphatic heterocycles. The SMILES string of the molecule is CCCCOC(=O)CCCCC(=O)Oc1c(-c2ccc(OC3OC(C(=O)OCc4ccccc4)C(OCCCC)C(OCCCC)C3OCCCC)c(OCCCC)c2)oc2ccccc2c1=O. The molecule has 0 N–H and O–H groups in total. The van der Waals surface area contributed by atoms with Crippen LogP contribution in [-0.2, 0) is 49.4 Å². The van der Waals surface area contributed by atoms with Gasteiger partial charge < -0.3 is 47.0 Å². The van der Waals surface area contributed by atoms with Gasteiger partial charge in [0.1, 0.15) is 30.5 Å². The Kier molecular flexibility index (Phi) is 23.3. The van der Waals surface area contributed by atoms with Crippen molar-refractivity contribution in [2.24, 2.45) is 0 Å². The summed E-state index contributed by atoms with van der Waals surface area (Å²) in [6.07, 6.45) is 4.14. The lowest BCUT2D eigenvalue weighted by atomic mass is 9.97. The van der Waals surface area contributed by atoms with Crippen LogP contribution in [0, 0.1) is 0 Å². The molecule has 14 nitrogen and oxygen atoms in total. The molecule has 0 amide bonds. The van der Waals surface area contributed by atoms with Gasteiger partial charge in [0.05, 0.1) is 18.6 Å². The second kappa shape index (κ2) is 29.6. The van der Waals surface area contributed by atoms with Crippen LogP contribution >= 0.6 is 0 Å². The predicted octanol–water partition coefficient (Wildman–Crippen LogP) is 10.9.